The van der Waals surface area contributed by atoms with E-state index >= 15 is 0 Å². The summed E-state index contributed by atoms with van der Waals surface area (Å²) in [6.07, 6.45) is 2.25. The lowest BCUT2D eigenvalue weighted by Gasteiger charge is -2.31. The van der Waals surface area contributed by atoms with Gasteiger partial charge in [0.1, 0.15) is 5.78 Å². The van der Waals surface area contributed by atoms with Crippen LogP contribution in [-0.4, -0.2) is 55.4 Å². The standard InChI is InChI=1S/C19H33N3O3S2/c1-12(2)27-16(20)7-6-8-26-15-10-17(24)22(18(15)25)14(9-13(3)23)11-19(4,5)21/h12,14-15,20H,6-11,21H2,1-5H3. The number of amides is 2. The molecule has 0 bridgehead atoms. The molecule has 0 aromatic heterocycles. The number of hydrogen-bond acceptors (Lipinski definition) is 7. The van der Waals surface area contributed by atoms with E-state index in [1.165, 1.54) is 23.6 Å². The third-order valence-corrected chi connectivity index (χ3v) is 6.29. The highest BCUT2D eigenvalue weighted by molar-refractivity contribution is 8.14. The van der Waals surface area contributed by atoms with Gasteiger partial charge in [-0.25, -0.2) is 0 Å². The van der Waals surface area contributed by atoms with Crippen molar-refractivity contribution in [3.8, 4) is 0 Å². The van der Waals surface area contributed by atoms with Crippen LogP contribution in [0.1, 0.15) is 66.7 Å². The van der Waals surface area contributed by atoms with E-state index in [1.54, 1.807) is 11.8 Å². The number of thioether (sulfide) groups is 2. The minimum atomic E-state index is -0.569. The van der Waals surface area contributed by atoms with Gasteiger partial charge < -0.3 is 5.73 Å². The second-order valence-corrected chi connectivity index (χ2v) is 11.1. The predicted octanol–water partition coefficient (Wildman–Crippen LogP) is 3.22. The fraction of sp³-hybridized carbons (Fsp3) is 0.789. The van der Waals surface area contributed by atoms with Crippen molar-refractivity contribution < 1.29 is 14.4 Å². The van der Waals surface area contributed by atoms with Gasteiger partial charge in [0.2, 0.25) is 11.8 Å². The molecule has 1 aliphatic heterocycles. The Kier molecular flexibility index (Phi) is 9.51. The molecule has 1 saturated heterocycles. The molecule has 3 N–H and O–H groups in total. The summed E-state index contributed by atoms with van der Waals surface area (Å²) in [4.78, 5) is 38.2. The van der Waals surface area contributed by atoms with Crippen LogP contribution in [0.5, 0.6) is 0 Å². The van der Waals surface area contributed by atoms with Gasteiger partial charge in [-0.05, 0) is 45.8 Å². The first kappa shape index (κ1) is 24.2. The van der Waals surface area contributed by atoms with Crippen molar-refractivity contribution in [2.75, 3.05) is 5.75 Å². The zero-order valence-corrected chi connectivity index (χ0v) is 18.7. The molecule has 0 aliphatic carbocycles. The van der Waals surface area contributed by atoms with Crippen molar-refractivity contribution in [2.45, 2.75) is 88.8 Å². The Hall–Kier alpha value is -0.860. The molecule has 0 aromatic rings. The predicted molar refractivity (Wildman–Crippen MR) is 114 cm³/mol. The summed E-state index contributed by atoms with van der Waals surface area (Å²) < 4.78 is 0. The summed E-state index contributed by atoms with van der Waals surface area (Å²) in [7, 11) is 0. The molecule has 1 rings (SSSR count). The number of rotatable bonds is 11. The second-order valence-electron chi connectivity index (χ2n) is 8.11. The van der Waals surface area contributed by atoms with E-state index in [1.807, 2.05) is 13.8 Å². The largest absolute Gasteiger partial charge is 0.325 e. The molecule has 8 heteroatoms. The van der Waals surface area contributed by atoms with E-state index in [-0.39, 0.29) is 35.7 Å². The Bertz CT molecular complexity index is 573. The summed E-state index contributed by atoms with van der Waals surface area (Å²) in [5, 5.41) is 8.57. The summed E-state index contributed by atoms with van der Waals surface area (Å²) in [6.45, 7) is 9.26. The summed E-state index contributed by atoms with van der Waals surface area (Å²) in [6, 6.07) is -0.469. The van der Waals surface area contributed by atoms with Crippen molar-refractivity contribution in [1.29, 1.82) is 5.41 Å². The van der Waals surface area contributed by atoms with Crippen molar-refractivity contribution in [3.05, 3.63) is 0 Å². The number of imide groups is 1. The van der Waals surface area contributed by atoms with Crippen LogP contribution in [0.15, 0.2) is 0 Å². The number of ketones is 1. The molecule has 27 heavy (non-hydrogen) atoms. The number of carbonyl (C=O) groups is 3. The molecule has 2 unspecified atom stereocenters. The zero-order chi connectivity index (χ0) is 20.8. The molecule has 0 aromatic carbocycles. The maximum atomic E-state index is 12.8. The lowest BCUT2D eigenvalue weighted by Crippen LogP contribution is -2.47. The lowest BCUT2D eigenvalue weighted by molar-refractivity contribution is -0.141. The molecule has 0 spiro atoms. The van der Waals surface area contributed by atoms with E-state index in [2.05, 4.69) is 13.8 Å². The highest BCUT2D eigenvalue weighted by Gasteiger charge is 2.43. The van der Waals surface area contributed by atoms with Gasteiger partial charge in [0.25, 0.3) is 0 Å². The van der Waals surface area contributed by atoms with Crippen LogP contribution in [0.4, 0.5) is 0 Å². The third kappa shape index (κ3) is 8.79. The van der Waals surface area contributed by atoms with Gasteiger partial charge in [0.05, 0.1) is 10.3 Å². The Morgan fingerprint density at radius 3 is 2.52 bits per heavy atom. The van der Waals surface area contributed by atoms with Gasteiger partial charge in [0.15, 0.2) is 0 Å². The van der Waals surface area contributed by atoms with Gasteiger partial charge in [-0.15, -0.1) is 23.5 Å². The fourth-order valence-electron chi connectivity index (χ4n) is 3.13. The first-order chi connectivity index (χ1) is 12.4. The van der Waals surface area contributed by atoms with Crippen LogP contribution in [0.3, 0.4) is 0 Å². The van der Waals surface area contributed by atoms with Crippen LogP contribution in [0, 0.1) is 5.41 Å². The summed E-state index contributed by atoms with van der Waals surface area (Å²) in [5.41, 5.74) is 5.51. The van der Waals surface area contributed by atoms with Gasteiger partial charge >= 0.3 is 0 Å². The number of likely N-dealkylation sites (tertiary alicyclic amines) is 1. The van der Waals surface area contributed by atoms with Gasteiger partial charge in [0, 0.05) is 29.7 Å². The van der Waals surface area contributed by atoms with Crippen LogP contribution in [0.25, 0.3) is 0 Å². The zero-order valence-electron chi connectivity index (χ0n) is 17.0. The van der Waals surface area contributed by atoms with Gasteiger partial charge in [-0.1, -0.05) is 13.8 Å². The maximum Gasteiger partial charge on any atom is 0.243 e. The molecule has 0 saturated carbocycles. The number of nitrogens with one attached hydrogen (secondary N) is 1. The van der Waals surface area contributed by atoms with Crippen LogP contribution in [0.2, 0.25) is 0 Å². The van der Waals surface area contributed by atoms with Crippen LogP contribution in [-0.2, 0) is 14.4 Å². The molecule has 1 fully saturated rings. The Balaban J connectivity index is 2.62. The van der Waals surface area contributed by atoms with Gasteiger partial charge in [-0.2, -0.15) is 0 Å². The van der Waals surface area contributed by atoms with E-state index in [0.717, 1.165) is 12.2 Å². The maximum absolute atomic E-state index is 12.8. The molecular weight excluding hydrogens is 382 g/mol. The van der Waals surface area contributed by atoms with Crippen molar-refractivity contribution in [1.82, 2.24) is 4.90 Å². The first-order valence-electron chi connectivity index (χ1n) is 9.40. The van der Waals surface area contributed by atoms with Crippen molar-refractivity contribution in [2.24, 2.45) is 5.73 Å². The molecule has 2 atom stereocenters. The van der Waals surface area contributed by atoms with Gasteiger partial charge in [-0.3, -0.25) is 24.7 Å². The Labute approximate surface area is 171 Å². The van der Waals surface area contributed by atoms with E-state index in [4.69, 9.17) is 11.1 Å². The quantitative estimate of drug-likeness (QED) is 0.232. The van der Waals surface area contributed by atoms with E-state index in [9.17, 15) is 14.4 Å². The molecule has 2 amide bonds. The number of nitrogens with zero attached hydrogens (tertiary/aromatic N) is 1. The van der Waals surface area contributed by atoms with Crippen molar-refractivity contribution in [3.63, 3.8) is 0 Å². The second kappa shape index (κ2) is 10.6. The third-order valence-electron chi connectivity index (χ3n) is 4.04. The van der Waals surface area contributed by atoms with Crippen molar-refractivity contribution >= 4 is 46.2 Å². The highest BCUT2D eigenvalue weighted by atomic mass is 32.2. The van der Waals surface area contributed by atoms with E-state index in [0.29, 0.717) is 23.1 Å². The molecule has 1 aliphatic rings. The number of Topliss-reactive ketones (excluding diaryl/α,β-unsaturated/α-hetero) is 1. The Morgan fingerprint density at radius 1 is 1.37 bits per heavy atom. The molecule has 0 radical (unpaired) electrons. The number of carbonyl (C=O) groups excluding carboxylic acids is 3. The SMILES string of the molecule is CC(=O)CC(CC(C)(C)N)N1C(=O)CC(SCCCC(=N)SC(C)C)C1=O. The summed E-state index contributed by atoms with van der Waals surface area (Å²) in [5.74, 6) is 0.267. The average molecular weight is 416 g/mol. The smallest absolute Gasteiger partial charge is 0.243 e. The number of nitrogens with two attached hydrogens (primary N) is 1. The Morgan fingerprint density at radius 2 is 2.00 bits per heavy atom. The van der Waals surface area contributed by atoms with E-state index < -0.39 is 11.6 Å². The fourth-order valence-corrected chi connectivity index (χ4v) is 5.08. The highest BCUT2D eigenvalue weighted by Crippen LogP contribution is 2.30. The minimum absolute atomic E-state index is 0.0536. The van der Waals surface area contributed by atoms with Crippen LogP contribution < -0.4 is 5.73 Å². The molecule has 1 heterocycles. The molecule has 154 valence electrons. The summed E-state index contributed by atoms with van der Waals surface area (Å²) >= 11 is 3.03. The average Bonchev–Trinajstić information content (AvgIpc) is 2.74. The van der Waals surface area contributed by atoms with Crippen LogP contribution >= 0.6 is 23.5 Å². The first-order valence-corrected chi connectivity index (χ1v) is 11.3. The molecule has 6 nitrogen and oxygen atoms in total. The monoisotopic (exact) mass is 415 g/mol. The minimum Gasteiger partial charge on any atom is -0.325 e. The number of hydrogen-bond donors (Lipinski definition) is 2. The molecular formula is C19H33N3O3S2. The lowest BCUT2D eigenvalue weighted by atomic mass is 9.92. The normalized spacial score (nSPS) is 19.1. The topological polar surface area (TPSA) is 104 Å².